The van der Waals surface area contributed by atoms with Crippen LogP contribution in [0.15, 0.2) is 77.6 Å². The molecule has 3 unspecified atom stereocenters. The average Bonchev–Trinajstić information content (AvgIpc) is 3.30. The highest BCUT2D eigenvalue weighted by Gasteiger charge is 2.54. The van der Waals surface area contributed by atoms with Crippen molar-refractivity contribution >= 4 is 17.9 Å². The number of imide groups is 1. The SMILES string of the molecule is CC1=CN2C(=NC3C2C(=O)N(Cc2ccccc2)C(=O)N3C)N1C(C)c1ccccc1. The van der Waals surface area contributed by atoms with E-state index >= 15 is 0 Å². The zero-order valence-corrected chi connectivity index (χ0v) is 17.8. The number of amides is 3. The zero-order valence-electron chi connectivity index (χ0n) is 17.8. The second-order valence-electron chi connectivity index (χ2n) is 8.23. The van der Waals surface area contributed by atoms with Gasteiger partial charge in [0.05, 0.1) is 12.6 Å². The number of urea groups is 1. The molecule has 3 aliphatic heterocycles. The summed E-state index contributed by atoms with van der Waals surface area (Å²) < 4.78 is 0. The van der Waals surface area contributed by atoms with Crippen molar-refractivity contribution in [1.82, 2.24) is 19.6 Å². The van der Waals surface area contributed by atoms with Gasteiger partial charge in [0, 0.05) is 18.9 Å². The number of likely N-dealkylation sites (N-methyl/N-ethyl adjacent to an activating group) is 1. The number of allylic oxidation sites excluding steroid dienone is 1. The molecule has 3 atom stereocenters. The number of benzene rings is 2. The number of rotatable bonds is 4. The third kappa shape index (κ3) is 3.00. The van der Waals surface area contributed by atoms with Gasteiger partial charge in [0.1, 0.15) is 0 Å². The lowest BCUT2D eigenvalue weighted by molar-refractivity contribution is -0.137. The first-order chi connectivity index (χ1) is 15.0. The summed E-state index contributed by atoms with van der Waals surface area (Å²) in [6, 6.07) is 19.0. The molecule has 31 heavy (non-hydrogen) atoms. The number of hydrogen-bond donors (Lipinski definition) is 0. The highest BCUT2D eigenvalue weighted by molar-refractivity contribution is 6.04. The van der Waals surface area contributed by atoms with Crippen LogP contribution in [0.2, 0.25) is 0 Å². The van der Waals surface area contributed by atoms with Crippen LogP contribution in [0.3, 0.4) is 0 Å². The molecule has 7 nitrogen and oxygen atoms in total. The molecular weight excluding hydrogens is 390 g/mol. The minimum Gasteiger partial charge on any atom is -0.308 e. The maximum Gasteiger partial charge on any atom is 0.328 e. The molecule has 3 aliphatic rings. The fourth-order valence-corrected chi connectivity index (χ4v) is 4.64. The highest BCUT2D eigenvalue weighted by Crippen LogP contribution is 2.38. The Labute approximate surface area is 181 Å². The van der Waals surface area contributed by atoms with Crippen molar-refractivity contribution in [2.75, 3.05) is 7.05 Å². The largest absolute Gasteiger partial charge is 0.328 e. The molecule has 0 aliphatic carbocycles. The molecule has 0 radical (unpaired) electrons. The van der Waals surface area contributed by atoms with Gasteiger partial charge in [-0.05, 0) is 25.0 Å². The van der Waals surface area contributed by atoms with E-state index in [4.69, 9.17) is 4.99 Å². The summed E-state index contributed by atoms with van der Waals surface area (Å²) in [4.78, 5) is 38.3. The van der Waals surface area contributed by atoms with Crippen LogP contribution in [0.5, 0.6) is 0 Å². The molecule has 7 heteroatoms. The number of fused-ring (bicyclic) bond motifs is 3. The smallest absolute Gasteiger partial charge is 0.308 e. The van der Waals surface area contributed by atoms with Gasteiger partial charge in [-0.15, -0.1) is 0 Å². The summed E-state index contributed by atoms with van der Waals surface area (Å²) >= 11 is 0. The van der Waals surface area contributed by atoms with Gasteiger partial charge in [0.15, 0.2) is 12.2 Å². The van der Waals surface area contributed by atoms with Crippen LogP contribution in [-0.4, -0.2) is 56.8 Å². The third-order valence-corrected chi connectivity index (χ3v) is 6.28. The summed E-state index contributed by atoms with van der Waals surface area (Å²) in [5.41, 5.74) is 3.11. The average molecular weight is 415 g/mol. The van der Waals surface area contributed by atoms with E-state index in [0.717, 1.165) is 22.8 Å². The fourth-order valence-electron chi connectivity index (χ4n) is 4.64. The Balaban J connectivity index is 1.46. The van der Waals surface area contributed by atoms with E-state index in [1.807, 2.05) is 66.6 Å². The Bertz CT molecular complexity index is 1080. The van der Waals surface area contributed by atoms with Crippen LogP contribution >= 0.6 is 0 Å². The molecular formula is C24H25N5O2. The minimum absolute atomic E-state index is 0.0536. The Hall–Kier alpha value is -3.61. The quantitative estimate of drug-likeness (QED) is 0.768. The maximum atomic E-state index is 13.5. The van der Waals surface area contributed by atoms with Gasteiger partial charge in [-0.2, -0.15) is 0 Å². The van der Waals surface area contributed by atoms with Crippen molar-refractivity contribution in [3.05, 3.63) is 83.7 Å². The predicted octanol–water partition coefficient (Wildman–Crippen LogP) is 3.39. The molecule has 2 aromatic rings. The monoisotopic (exact) mass is 415 g/mol. The fraction of sp³-hybridized carbons (Fsp3) is 0.292. The van der Waals surface area contributed by atoms with Gasteiger partial charge in [-0.3, -0.25) is 9.69 Å². The molecule has 158 valence electrons. The topological polar surface area (TPSA) is 59.5 Å². The lowest BCUT2D eigenvalue weighted by Gasteiger charge is -2.40. The van der Waals surface area contributed by atoms with Crippen LogP contribution in [0.1, 0.15) is 31.0 Å². The Morgan fingerprint density at radius 1 is 1.00 bits per heavy atom. The van der Waals surface area contributed by atoms with E-state index in [0.29, 0.717) is 0 Å². The van der Waals surface area contributed by atoms with E-state index in [9.17, 15) is 9.59 Å². The predicted molar refractivity (Wildman–Crippen MR) is 117 cm³/mol. The first kappa shape index (κ1) is 19.4. The molecule has 3 amide bonds. The van der Waals surface area contributed by atoms with Crippen LogP contribution in [0, 0.1) is 0 Å². The van der Waals surface area contributed by atoms with Gasteiger partial charge >= 0.3 is 6.03 Å². The number of carbonyl (C=O) groups excluding carboxylic acids is 2. The van der Waals surface area contributed by atoms with Crippen molar-refractivity contribution in [1.29, 1.82) is 0 Å². The molecule has 1 saturated heterocycles. The number of aliphatic imine (C=N–C) groups is 1. The standard InChI is InChI=1S/C24H25N5O2/c1-16-14-27-20-21(25-23(27)29(16)17(2)19-12-8-5-9-13-19)26(3)24(31)28(22(20)30)15-18-10-6-4-7-11-18/h4-14,17,20-21H,15H2,1-3H3. The lowest BCUT2D eigenvalue weighted by Crippen LogP contribution is -2.63. The van der Waals surface area contributed by atoms with Crippen LogP contribution in [-0.2, 0) is 11.3 Å². The number of carbonyl (C=O) groups is 2. The molecule has 0 spiro atoms. The van der Waals surface area contributed by atoms with Gasteiger partial charge in [-0.25, -0.2) is 9.79 Å². The molecule has 5 rings (SSSR count). The normalized spacial score (nSPS) is 23.6. The van der Waals surface area contributed by atoms with Crippen molar-refractivity contribution in [3.63, 3.8) is 0 Å². The number of guanidine groups is 1. The second kappa shape index (κ2) is 7.27. The van der Waals surface area contributed by atoms with E-state index in [1.165, 1.54) is 4.90 Å². The summed E-state index contributed by atoms with van der Waals surface area (Å²) in [6.45, 7) is 4.40. The number of nitrogens with zero attached hydrogens (tertiary/aromatic N) is 5. The Kier molecular flexibility index (Phi) is 4.54. The summed E-state index contributed by atoms with van der Waals surface area (Å²) in [6.07, 6.45) is 1.45. The zero-order chi connectivity index (χ0) is 21.7. The molecule has 0 bridgehead atoms. The van der Waals surface area contributed by atoms with Crippen molar-refractivity contribution < 1.29 is 9.59 Å². The lowest BCUT2D eigenvalue weighted by atomic mass is 10.1. The third-order valence-electron chi connectivity index (χ3n) is 6.28. The molecule has 0 aromatic heterocycles. The molecule has 0 saturated carbocycles. The van der Waals surface area contributed by atoms with Gasteiger partial charge < -0.3 is 14.7 Å². The van der Waals surface area contributed by atoms with Crippen LogP contribution in [0.25, 0.3) is 0 Å². The Morgan fingerprint density at radius 2 is 1.65 bits per heavy atom. The van der Waals surface area contributed by atoms with Crippen molar-refractivity contribution in [2.24, 2.45) is 4.99 Å². The van der Waals surface area contributed by atoms with Crippen molar-refractivity contribution in [3.8, 4) is 0 Å². The number of hydrogen-bond acceptors (Lipinski definition) is 5. The first-order valence-corrected chi connectivity index (χ1v) is 10.5. The van der Waals surface area contributed by atoms with Crippen LogP contribution < -0.4 is 0 Å². The minimum atomic E-state index is -0.552. The van der Waals surface area contributed by atoms with Gasteiger partial charge in [0.25, 0.3) is 5.91 Å². The van der Waals surface area contributed by atoms with Gasteiger partial charge in [0.2, 0.25) is 5.96 Å². The van der Waals surface area contributed by atoms with E-state index in [1.54, 1.807) is 11.9 Å². The van der Waals surface area contributed by atoms with Gasteiger partial charge in [-0.1, -0.05) is 60.7 Å². The molecule has 0 N–H and O–H groups in total. The van der Waals surface area contributed by atoms with E-state index < -0.39 is 12.2 Å². The maximum absolute atomic E-state index is 13.5. The second-order valence-corrected chi connectivity index (χ2v) is 8.23. The van der Waals surface area contributed by atoms with Crippen molar-refractivity contribution in [2.45, 2.75) is 38.6 Å². The molecule has 1 fully saturated rings. The highest BCUT2D eigenvalue weighted by atomic mass is 16.2. The summed E-state index contributed by atoms with van der Waals surface area (Å²) in [5.74, 6) is 0.507. The summed E-state index contributed by atoms with van der Waals surface area (Å²) in [7, 11) is 1.72. The molecule has 3 heterocycles. The molecule has 2 aromatic carbocycles. The summed E-state index contributed by atoms with van der Waals surface area (Å²) in [5, 5.41) is 0. The van der Waals surface area contributed by atoms with E-state index in [2.05, 4.69) is 24.0 Å². The van der Waals surface area contributed by atoms with E-state index in [-0.39, 0.29) is 24.5 Å². The van der Waals surface area contributed by atoms with Crippen LogP contribution in [0.4, 0.5) is 4.79 Å². The Morgan fingerprint density at radius 3 is 2.32 bits per heavy atom. The first-order valence-electron chi connectivity index (χ1n) is 10.5.